The third-order valence-electron chi connectivity index (χ3n) is 5.64. The van der Waals surface area contributed by atoms with E-state index in [0.29, 0.717) is 6.42 Å². The highest BCUT2D eigenvalue weighted by molar-refractivity contribution is 7.52. The molecule has 0 radical (unpaired) electrons. The number of aromatic nitrogens is 2. The van der Waals surface area contributed by atoms with Gasteiger partial charge in [0.15, 0.2) is 6.23 Å². The number of carbonyl (C=O) groups excluding carboxylic acids is 1. The topological polar surface area (TPSA) is 182 Å². The molecule has 1 aliphatic rings. The molecule has 1 unspecified atom stereocenters. The van der Waals surface area contributed by atoms with Gasteiger partial charge < -0.3 is 19.1 Å². The van der Waals surface area contributed by atoms with Gasteiger partial charge in [-0.05, 0) is 32.4 Å². The maximum Gasteiger partial charge on any atom is 0.459 e. The van der Waals surface area contributed by atoms with Crippen molar-refractivity contribution in [2.75, 3.05) is 13.2 Å². The van der Waals surface area contributed by atoms with Crippen LogP contribution in [-0.4, -0.2) is 52.1 Å². The van der Waals surface area contributed by atoms with E-state index in [1.165, 1.54) is 26.0 Å². The molecular weight excluding hydrogens is 507 g/mol. The second-order valence-electron chi connectivity index (χ2n) is 8.57. The number of para-hydroxylation sites is 1. The van der Waals surface area contributed by atoms with Crippen molar-refractivity contribution in [1.29, 1.82) is 5.26 Å². The van der Waals surface area contributed by atoms with Crippen molar-refractivity contribution in [3.63, 3.8) is 0 Å². The van der Waals surface area contributed by atoms with Gasteiger partial charge in [-0.25, -0.2) is 9.36 Å². The van der Waals surface area contributed by atoms with Crippen molar-refractivity contribution in [2.24, 2.45) is 5.41 Å². The molecule has 13 nitrogen and oxygen atoms in total. The molecule has 1 saturated heterocycles. The minimum atomic E-state index is -4.45. The lowest BCUT2D eigenvalue weighted by molar-refractivity contribution is -0.145. The predicted octanol–water partition coefficient (Wildman–Crippen LogP) is 1.46. The molecule has 200 valence electrons. The number of nitriles is 1. The fourth-order valence-corrected chi connectivity index (χ4v) is 5.56. The minimum absolute atomic E-state index is 0.138. The van der Waals surface area contributed by atoms with E-state index in [0.717, 1.165) is 16.8 Å². The summed E-state index contributed by atoms with van der Waals surface area (Å²) in [5.41, 5.74) is -3.22. The largest absolute Gasteiger partial charge is 0.465 e. The van der Waals surface area contributed by atoms with Crippen LogP contribution < -0.4 is 20.9 Å². The molecule has 0 saturated carbocycles. The average molecular weight is 536 g/mol. The highest BCUT2D eigenvalue weighted by Gasteiger charge is 2.59. The monoisotopic (exact) mass is 536 g/mol. The number of hydrogen-bond donors (Lipinski definition) is 3. The van der Waals surface area contributed by atoms with Crippen molar-refractivity contribution < 1.29 is 33.0 Å². The highest BCUT2D eigenvalue weighted by Crippen LogP contribution is 2.54. The van der Waals surface area contributed by atoms with Crippen molar-refractivity contribution in [3.05, 3.63) is 63.4 Å². The number of nitrogens with zero attached hydrogens (tertiary/aromatic N) is 2. The van der Waals surface area contributed by atoms with E-state index in [9.17, 15) is 29.3 Å². The number of rotatable bonds is 11. The summed E-state index contributed by atoms with van der Waals surface area (Å²) in [5.74, 6) is -0.566. The van der Waals surface area contributed by atoms with Gasteiger partial charge in [0.05, 0.1) is 19.3 Å². The Morgan fingerprint density at radius 3 is 2.65 bits per heavy atom. The number of benzene rings is 1. The first kappa shape index (κ1) is 28.3. The first-order valence-electron chi connectivity index (χ1n) is 11.5. The molecule has 2 aromatic rings. The molecule has 14 heteroatoms. The van der Waals surface area contributed by atoms with Gasteiger partial charge in [-0.1, -0.05) is 25.1 Å². The Morgan fingerprint density at radius 1 is 1.35 bits per heavy atom. The van der Waals surface area contributed by atoms with Crippen LogP contribution in [0.2, 0.25) is 0 Å². The van der Waals surface area contributed by atoms with Gasteiger partial charge >= 0.3 is 19.4 Å². The van der Waals surface area contributed by atoms with Gasteiger partial charge in [0.25, 0.3) is 5.56 Å². The standard InChI is InChI=1S/C23H29N4O9P/c1-4-12-33-20(30)15(2)26-37(32,35-16-8-6-5-7-9-16)36-19-17(13-28)34-21(23(19,3)14-24)27-11-10-18(29)25-22(27)31/h5-11,15,17,19,21,28H,4,12-13H2,1-3H3,(H,26,32)(H,25,29,31)/t15?,17-,19-,21+,23-,37+/m1/s1. The fraction of sp³-hybridized carbons (Fsp3) is 0.478. The van der Waals surface area contributed by atoms with Gasteiger partial charge in [-0.3, -0.25) is 23.7 Å². The molecule has 1 aromatic carbocycles. The molecule has 3 rings (SSSR count). The third-order valence-corrected chi connectivity index (χ3v) is 7.30. The summed E-state index contributed by atoms with van der Waals surface area (Å²) in [6, 6.07) is 9.96. The molecule has 0 aliphatic carbocycles. The van der Waals surface area contributed by atoms with Crippen molar-refractivity contribution in [3.8, 4) is 11.8 Å². The maximum absolute atomic E-state index is 14.0. The SMILES string of the molecule is CCCOC(=O)C(C)N[P@](=O)(Oc1ccccc1)O[C@@H]1[C@@H](CO)O[C@H](n2ccc(=O)[nH]c2=O)[C@]1(C)C#N. The second-order valence-corrected chi connectivity index (χ2v) is 10.2. The maximum atomic E-state index is 14.0. The van der Waals surface area contributed by atoms with Crippen LogP contribution in [0.25, 0.3) is 0 Å². The van der Waals surface area contributed by atoms with E-state index >= 15 is 0 Å². The molecule has 0 bridgehead atoms. The summed E-state index contributed by atoms with van der Waals surface area (Å²) >= 11 is 0. The molecule has 3 N–H and O–H groups in total. The lowest BCUT2D eigenvalue weighted by atomic mass is 9.84. The number of aromatic amines is 1. The molecule has 0 amide bonds. The molecular formula is C23H29N4O9P. The van der Waals surface area contributed by atoms with Gasteiger partial charge in [0.2, 0.25) is 0 Å². The van der Waals surface area contributed by atoms with Crippen LogP contribution in [0.5, 0.6) is 5.75 Å². The zero-order chi connectivity index (χ0) is 27.2. The van der Waals surface area contributed by atoms with Crippen LogP contribution in [0.4, 0.5) is 0 Å². The lowest BCUT2D eigenvalue weighted by Crippen LogP contribution is -2.44. The van der Waals surface area contributed by atoms with Crippen LogP contribution >= 0.6 is 7.75 Å². The molecule has 6 atom stereocenters. The van der Waals surface area contributed by atoms with Crippen molar-refractivity contribution in [2.45, 2.75) is 51.7 Å². The van der Waals surface area contributed by atoms with Crippen LogP contribution in [-0.2, 0) is 23.4 Å². The zero-order valence-electron chi connectivity index (χ0n) is 20.5. The average Bonchev–Trinajstić information content (AvgIpc) is 3.14. The minimum Gasteiger partial charge on any atom is -0.465 e. The number of H-pyrrole nitrogens is 1. The van der Waals surface area contributed by atoms with Crippen LogP contribution in [0.1, 0.15) is 33.4 Å². The van der Waals surface area contributed by atoms with Gasteiger partial charge in [0.1, 0.15) is 29.4 Å². The summed E-state index contributed by atoms with van der Waals surface area (Å²) in [6.45, 7) is 4.10. The first-order chi connectivity index (χ1) is 17.6. The fourth-order valence-electron chi connectivity index (χ4n) is 3.77. The Balaban J connectivity index is 1.99. The van der Waals surface area contributed by atoms with Gasteiger partial charge in [0, 0.05) is 12.3 Å². The lowest BCUT2D eigenvalue weighted by Gasteiger charge is -2.32. The molecule has 37 heavy (non-hydrogen) atoms. The summed E-state index contributed by atoms with van der Waals surface area (Å²) in [4.78, 5) is 38.4. The Labute approximate surface area is 212 Å². The van der Waals surface area contributed by atoms with E-state index in [2.05, 4.69) is 10.1 Å². The number of nitrogens with one attached hydrogen (secondary N) is 2. The van der Waals surface area contributed by atoms with Crippen molar-refractivity contribution >= 4 is 13.7 Å². The van der Waals surface area contributed by atoms with Crippen molar-refractivity contribution in [1.82, 2.24) is 14.6 Å². The molecule has 1 aromatic heterocycles. The van der Waals surface area contributed by atoms with E-state index < -0.39 is 61.5 Å². The third kappa shape index (κ3) is 6.36. The van der Waals surface area contributed by atoms with Crippen LogP contribution in [0, 0.1) is 16.7 Å². The highest BCUT2D eigenvalue weighted by atomic mass is 31.2. The summed E-state index contributed by atoms with van der Waals surface area (Å²) < 4.78 is 37.4. The first-order valence-corrected chi connectivity index (χ1v) is 13.1. The summed E-state index contributed by atoms with van der Waals surface area (Å²) in [7, 11) is -4.45. The normalized spacial score (nSPS) is 25.5. The van der Waals surface area contributed by atoms with Crippen LogP contribution in [0.3, 0.4) is 0 Å². The number of hydrogen-bond acceptors (Lipinski definition) is 10. The van der Waals surface area contributed by atoms with E-state index in [4.69, 9.17) is 18.5 Å². The number of ether oxygens (including phenoxy) is 2. The Kier molecular flexibility index (Phi) is 9.07. The summed E-state index contributed by atoms with van der Waals surface area (Å²) in [5, 5.41) is 22.7. The zero-order valence-corrected chi connectivity index (χ0v) is 21.4. The van der Waals surface area contributed by atoms with Gasteiger partial charge in [-0.2, -0.15) is 10.3 Å². The Morgan fingerprint density at radius 2 is 2.05 bits per heavy atom. The molecule has 1 fully saturated rings. The number of aliphatic hydroxyl groups is 1. The van der Waals surface area contributed by atoms with Gasteiger partial charge in [-0.15, -0.1) is 0 Å². The molecule has 1 aliphatic heterocycles. The summed E-state index contributed by atoms with van der Waals surface area (Å²) in [6.07, 6.45) is -2.25. The molecule has 0 spiro atoms. The van der Waals surface area contributed by atoms with Crippen LogP contribution in [0.15, 0.2) is 52.2 Å². The van der Waals surface area contributed by atoms with E-state index in [-0.39, 0.29) is 12.4 Å². The quantitative estimate of drug-likeness (QED) is 0.279. The Bertz CT molecular complexity index is 1290. The van der Waals surface area contributed by atoms with E-state index in [1.54, 1.807) is 18.2 Å². The number of carbonyl (C=O) groups is 1. The number of aliphatic hydroxyl groups excluding tert-OH is 1. The predicted molar refractivity (Wildman–Crippen MR) is 129 cm³/mol. The Hall–Kier alpha value is -3.27. The molecule has 2 heterocycles. The number of esters is 1. The van der Waals surface area contributed by atoms with E-state index in [1.807, 2.05) is 13.0 Å². The second kappa shape index (κ2) is 11.9. The smallest absolute Gasteiger partial charge is 0.459 e.